The molecule has 0 heterocycles. The van der Waals surface area contributed by atoms with Gasteiger partial charge in [-0.2, -0.15) is 8.42 Å². The quantitative estimate of drug-likeness (QED) is 0.451. The first-order valence-electron chi connectivity index (χ1n) is 7.21. The molecule has 0 amide bonds. The van der Waals surface area contributed by atoms with E-state index in [-0.39, 0.29) is 0 Å². The highest BCUT2D eigenvalue weighted by molar-refractivity contribution is 7.80. The van der Waals surface area contributed by atoms with Crippen LogP contribution in [0, 0.1) is 0 Å². The second-order valence-electron chi connectivity index (χ2n) is 4.57. The smallest absolute Gasteiger partial charge is 0.330 e. The van der Waals surface area contributed by atoms with Crippen LogP contribution >= 0.6 is 0 Å². The molecule has 0 atom stereocenters. The van der Waals surface area contributed by atoms with Crippen LogP contribution in [0.2, 0.25) is 0 Å². The van der Waals surface area contributed by atoms with E-state index < -0.39 is 10.4 Å². The lowest BCUT2D eigenvalue weighted by Crippen LogP contribution is -1.97. The van der Waals surface area contributed by atoms with Gasteiger partial charge in [0.1, 0.15) is 0 Å². The van der Waals surface area contributed by atoms with Crippen LogP contribution in [0.15, 0.2) is 0 Å². The van der Waals surface area contributed by atoms with Gasteiger partial charge in [-0.25, -0.2) is 0 Å². The highest BCUT2D eigenvalue weighted by atomic mass is 32.3. The Bertz CT molecular complexity index is 245. The zero-order valence-corrected chi connectivity index (χ0v) is 13.3. The highest BCUT2D eigenvalue weighted by Gasteiger charge is 1.94. The Balaban J connectivity index is 0. The second-order valence-corrected chi connectivity index (χ2v) is 5.75. The molecule has 6 heteroatoms. The molecule has 0 bridgehead atoms. The topological polar surface area (TPSA) is 89.6 Å². The van der Waals surface area contributed by atoms with Crippen molar-refractivity contribution in [3.05, 3.63) is 0 Å². The summed E-state index contributed by atoms with van der Waals surface area (Å²) in [5, 5.41) is 0. The molecular weight excluding hydrogens is 266 g/mol. The summed E-state index contributed by atoms with van der Waals surface area (Å²) in [6, 6.07) is 0. The average Bonchev–Trinajstić information content (AvgIpc) is 2.37. The zero-order valence-electron chi connectivity index (χ0n) is 12.4. The molecule has 0 unspecified atom stereocenters. The first-order valence-corrected chi connectivity index (χ1v) is 8.57. The summed E-state index contributed by atoms with van der Waals surface area (Å²) in [6.45, 7) is 3.14. The van der Waals surface area contributed by atoms with Crippen molar-refractivity contribution in [3.63, 3.8) is 0 Å². The molecule has 0 saturated heterocycles. The third kappa shape index (κ3) is 27.1. The lowest BCUT2D eigenvalue weighted by Gasteiger charge is -2.00. The zero-order chi connectivity index (χ0) is 15.0. The Morgan fingerprint density at radius 3 is 1.47 bits per heavy atom. The average molecular weight is 297 g/mol. The van der Waals surface area contributed by atoms with E-state index in [4.69, 9.17) is 10.3 Å². The SMILES string of the molecule is CCCCCCCCCCCCN.COS(=O)(=O)O. The number of hydrogen-bond donors (Lipinski definition) is 2. The maximum absolute atomic E-state index is 9.33. The molecule has 0 aromatic heterocycles. The fourth-order valence-electron chi connectivity index (χ4n) is 1.63. The van der Waals surface area contributed by atoms with Crippen molar-refractivity contribution in [2.45, 2.75) is 71.1 Å². The lowest BCUT2D eigenvalue weighted by molar-refractivity contribution is 0.324. The number of nitrogens with two attached hydrogens (primary N) is 1. The van der Waals surface area contributed by atoms with Gasteiger partial charge in [-0.05, 0) is 13.0 Å². The van der Waals surface area contributed by atoms with Crippen LogP contribution in [-0.2, 0) is 14.6 Å². The van der Waals surface area contributed by atoms with E-state index >= 15 is 0 Å². The van der Waals surface area contributed by atoms with Gasteiger partial charge in [0.15, 0.2) is 0 Å². The van der Waals surface area contributed by atoms with E-state index in [1.165, 1.54) is 64.2 Å². The molecule has 0 aromatic carbocycles. The molecule has 0 aliphatic heterocycles. The molecule has 0 aliphatic rings. The summed E-state index contributed by atoms with van der Waals surface area (Å²) in [5.41, 5.74) is 5.42. The van der Waals surface area contributed by atoms with E-state index in [0.717, 1.165) is 13.7 Å². The van der Waals surface area contributed by atoms with Gasteiger partial charge in [-0.15, -0.1) is 0 Å². The molecule has 3 N–H and O–H groups in total. The summed E-state index contributed by atoms with van der Waals surface area (Å²) in [5.74, 6) is 0. The van der Waals surface area contributed by atoms with Gasteiger partial charge >= 0.3 is 10.4 Å². The predicted octanol–water partition coefficient (Wildman–Crippen LogP) is 3.30. The minimum absolute atomic E-state index is 0.870. The molecule has 0 aliphatic carbocycles. The molecule has 118 valence electrons. The van der Waals surface area contributed by atoms with Crippen LogP contribution < -0.4 is 5.73 Å². The Labute approximate surface area is 118 Å². The van der Waals surface area contributed by atoms with Crippen LogP contribution in [0.4, 0.5) is 0 Å². The predicted molar refractivity (Wildman–Crippen MR) is 79.5 cm³/mol. The van der Waals surface area contributed by atoms with Gasteiger partial charge in [-0.3, -0.25) is 8.74 Å². The third-order valence-electron chi connectivity index (χ3n) is 2.77. The molecule has 0 aromatic rings. The number of unbranched alkanes of at least 4 members (excludes halogenated alkanes) is 9. The Hall–Kier alpha value is -0.170. The van der Waals surface area contributed by atoms with Gasteiger partial charge in [0.25, 0.3) is 0 Å². The van der Waals surface area contributed by atoms with Crippen molar-refractivity contribution in [2.75, 3.05) is 13.7 Å². The fourth-order valence-corrected chi connectivity index (χ4v) is 1.63. The summed E-state index contributed by atoms with van der Waals surface area (Å²) in [4.78, 5) is 0. The van der Waals surface area contributed by atoms with Crippen LogP contribution in [0.3, 0.4) is 0 Å². The first kappa shape index (κ1) is 21.1. The van der Waals surface area contributed by atoms with Crippen molar-refractivity contribution in [1.82, 2.24) is 0 Å². The van der Waals surface area contributed by atoms with Gasteiger partial charge in [0, 0.05) is 0 Å². The molecule has 0 rings (SSSR count). The molecule has 5 nitrogen and oxygen atoms in total. The minimum Gasteiger partial charge on any atom is -0.330 e. The number of rotatable bonds is 11. The summed E-state index contributed by atoms with van der Waals surface area (Å²) in [6.07, 6.45) is 13.9. The summed E-state index contributed by atoms with van der Waals surface area (Å²) < 4.78 is 29.7. The van der Waals surface area contributed by atoms with E-state index in [0.29, 0.717) is 0 Å². The first-order chi connectivity index (χ1) is 8.97. The van der Waals surface area contributed by atoms with Gasteiger partial charge in [0.05, 0.1) is 7.11 Å². The highest BCUT2D eigenvalue weighted by Crippen LogP contribution is 2.09. The van der Waals surface area contributed by atoms with E-state index in [1.54, 1.807) is 0 Å². The Morgan fingerprint density at radius 2 is 1.21 bits per heavy atom. The maximum Gasteiger partial charge on any atom is 0.397 e. The van der Waals surface area contributed by atoms with Crippen LogP contribution in [0.5, 0.6) is 0 Å². The molecule has 0 spiro atoms. The minimum atomic E-state index is -4.16. The lowest BCUT2D eigenvalue weighted by atomic mass is 10.1. The monoisotopic (exact) mass is 297 g/mol. The Kier molecular flexibility index (Phi) is 17.7. The van der Waals surface area contributed by atoms with E-state index in [2.05, 4.69) is 11.1 Å². The third-order valence-corrected chi connectivity index (χ3v) is 3.19. The molecule has 0 fully saturated rings. The van der Waals surface area contributed by atoms with Crippen molar-refractivity contribution in [2.24, 2.45) is 5.73 Å². The standard InChI is InChI=1S/C12H27N.CH4O4S/c1-2-3-4-5-6-7-8-9-10-11-12-13;1-5-6(2,3)4/h2-13H2,1H3;1H3,(H,2,3,4). The fraction of sp³-hybridized carbons (Fsp3) is 1.00. The van der Waals surface area contributed by atoms with Crippen LogP contribution in [0.1, 0.15) is 71.1 Å². The molecule has 0 radical (unpaired) electrons. The van der Waals surface area contributed by atoms with Gasteiger partial charge in [0.2, 0.25) is 0 Å². The van der Waals surface area contributed by atoms with E-state index in [9.17, 15) is 8.42 Å². The van der Waals surface area contributed by atoms with Crippen molar-refractivity contribution in [1.29, 1.82) is 0 Å². The van der Waals surface area contributed by atoms with Crippen LogP contribution in [-0.4, -0.2) is 26.6 Å². The normalized spacial score (nSPS) is 10.9. The van der Waals surface area contributed by atoms with Crippen molar-refractivity contribution >= 4 is 10.4 Å². The maximum atomic E-state index is 9.33. The van der Waals surface area contributed by atoms with Crippen LogP contribution in [0.25, 0.3) is 0 Å². The summed E-state index contributed by atoms with van der Waals surface area (Å²) >= 11 is 0. The van der Waals surface area contributed by atoms with Crippen molar-refractivity contribution < 1.29 is 17.2 Å². The second kappa shape index (κ2) is 15.9. The molecule has 19 heavy (non-hydrogen) atoms. The number of hydrogen-bond acceptors (Lipinski definition) is 4. The molecule has 0 saturated carbocycles. The van der Waals surface area contributed by atoms with Gasteiger partial charge < -0.3 is 5.73 Å². The summed E-state index contributed by atoms with van der Waals surface area (Å²) in [7, 11) is -3.29. The van der Waals surface area contributed by atoms with Gasteiger partial charge in [-0.1, -0.05) is 64.7 Å². The largest absolute Gasteiger partial charge is 0.397 e. The van der Waals surface area contributed by atoms with E-state index in [1.807, 2.05) is 0 Å². The Morgan fingerprint density at radius 1 is 0.895 bits per heavy atom. The van der Waals surface area contributed by atoms with Crippen molar-refractivity contribution in [3.8, 4) is 0 Å². The molecular formula is C13H31NO4S.